The highest BCUT2D eigenvalue weighted by Crippen LogP contribution is 2.84. The van der Waals surface area contributed by atoms with Gasteiger partial charge < -0.3 is 14.4 Å². The van der Waals surface area contributed by atoms with Gasteiger partial charge in [-0.2, -0.15) is 0 Å². The molecule has 4 saturated carbocycles. The van der Waals surface area contributed by atoms with Gasteiger partial charge in [0.2, 0.25) is 0 Å². The first-order valence-corrected chi connectivity index (χ1v) is 25.7. The molecule has 3 nitrogen and oxygen atoms in total. The lowest BCUT2D eigenvalue weighted by Gasteiger charge is -2.66. The van der Waals surface area contributed by atoms with Crippen molar-refractivity contribution in [3.05, 3.63) is 235 Å². The van der Waals surface area contributed by atoms with Crippen molar-refractivity contribution >= 4 is 55.9 Å². The number of para-hydroxylation sites is 3. The Labute approximate surface area is 411 Å². The van der Waals surface area contributed by atoms with E-state index in [1.807, 2.05) is 0 Å². The molecule has 1 spiro atoms. The third kappa shape index (κ3) is 5.63. The SMILES string of the molecule is CC1(C)c2ccccc2-c2ccc(N(c3ccc(-c4ccc(N(c5ccccc5)c5ccc6c(c5)c5ccccc5n6-c5ccccc5)cc4)cc3)c3ccc(C45CC6CC7CC(C4)C76C5)cc3)cc21. The normalized spacial score (nSPS) is 22.8. The predicted molar refractivity (Wildman–Crippen MR) is 291 cm³/mol. The Morgan fingerprint density at radius 3 is 1.59 bits per heavy atom. The van der Waals surface area contributed by atoms with Crippen LogP contribution in [0.5, 0.6) is 0 Å². The second-order valence-corrected chi connectivity index (χ2v) is 22.0. The van der Waals surface area contributed by atoms with Crippen molar-refractivity contribution < 1.29 is 0 Å². The summed E-state index contributed by atoms with van der Waals surface area (Å²) in [6.07, 6.45) is 7.25. The largest absolute Gasteiger partial charge is 0.310 e. The van der Waals surface area contributed by atoms with Crippen LogP contribution < -0.4 is 9.80 Å². The van der Waals surface area contributed by atoms with Gasteiger partial charge in [0.05, 0.1) is 11.0 Å². The monoisotopic (exact) mass is 901 g/mol. The molecule has 15 rings (SSSR count). The lowest BCUT2D eigenvalue weighted by atomic mass is 9.38. The summed E-state index contributed by atoms with van der Waals surface area (Å²) in [5.74, 6) is 2.99. The summed E-state index contributed by atoms with van der Waals surface area (Å²) in [5.41, 5.74) is 21.0. The molecule has 338 valence electrons. The summed E-state index contributed by atoms with van der Waals surface area (Å²) >= 11 is 0. The molecule has 10 aromatic rings. The Morgan fingerprint density at radius 2 is 0.929 bits per heavy atom. The maximum atomic E-state index is 2.51. The van der Waals surface area contributed by atoms with Gasteiger partial charge in [0.25, 0.3) is 0 Å². The lowest BCUT2D eigenvalue weighted by Crippen LogP contribution is -2.59. The molecule has 0 saturated heterocycles. The molecule has 2 bridgehead atoms. The van der Waals surface area contributed by atoms with Crippen LogP contribution in [-0.4, -0.2) is 4.57 Å². The van der Waals surface area contributed by atoms with Gasteiger partial charge in [-0.1, -0.05) is 135 Å². The summed E-state index contributed by atoms with van der Waals surface area (Å²) < 4.78 is 2.38. The van der Waals surface area contributed by atoms with E-state index in [1.165, 1.54) is 104 Å². The van der Waals surface area contributed by atoms with Crippen molar-refractivity contribution in [3.63, 3.8) is 0 Å². The number of hydrogen-bond donors (Lipinski definition) is 0. The molecule has 3 heteroatoms. The minimum Gasteiger partial charge on any atom is -0.310 e. The van der Waals surface area contributed by atoms with Crippen LogP contribution in [-0.2, 0) is 10.8 Å². The number of hydrogen-bond acceptors (Lipinski definition) is 2. The van der Waals surface area contributed by atoms with Gasteiger partial charge >= 0.3 is 0 Å². The average molecular weight is 902 g/mol. The molecule has 2 unspecified atom stereocenters. The van der Waals surface area contributed by atoms with Crippen LogP contribution in [0.4, 0.5) is 34.1 Å². The second-order valence-electron chi connectivity index (χ2n) is 22.0. The highest BCUT2D eigenvalue weighted by Gasteiger charge is 2.77. The van der Waals surface area contributed by atoms with Gasteiger partial charge in [0.15, 0.2) is 0 Å². The lowest BCUT2D eigenvalue weighted by molar-refractivity contribution is -0.175. The Morgan fingerprint density at radius 1 is 0.414 bits per heavy atom. The molecule has 5 aliphatic rings. The van der Waals surface area contributed by atoms with E-state index in [2.05, 4.69) is 247 Å². The fraction of sp³-hybridized carbons (Fsp3) is 0.194. The van der Waals surface area contributed by atoms with Crippen molar-refractivity contribution in [2.75, 3.05) is 9.80 Å². The highest BCUT2D eigenvalue weighted by molar-refractivity contribution is 6.10. The molecule has 0 aliphatic heterocycles. The van der Waals surface area contributed by atoms with Gasteiger partial charge in [-0.3, -0.25) is 0 Å². The van der Waals surface area contributed by atoms with E-state index in [-0.39, 0.29) is 5.41 Å². The number of anilines is 6. The van der Waals surface area contributed by atoms with Crippen LogP contribution in [0.3, 0.4) is 0 Å². The fourth-order valence-corrected chi connectivity index (χ4v) is 15.2. The standard InChI is InChI=1S/C67H55N3/c1-65(2)61-19-11-9-17-57(61)58-35-33-56(40-62(58)65)69(54-31-25-46(26-32-54)66-41-48-37-47-38-49(42-66)67(47,48)43-66)53-29-23-45(24-30-53)44-21-27-52(28-22-44)68(50-13-5-3-6-14-50)55-34-36-64-60(39-55)59-18-10-12-20-63(59)70(64)51-15-7-4-8-16-51/h3-36,39-40,47-49H,37-38,41-43H2,1-2H3. The van der Waals surface area contributed by atoms with E-state index < -0.39 is 0 Å². The van der Waals surface area contributed by atoms with Crippen LogP contribution in [0, 0.1) is 23.2 Å². The number of nitrogens with zero attached hydrogens (tertiary/aromatic N) is 3. The molecule has 0 radical (unpaired) electrons. The van der Waals surface area contributed by atoms with E-state index in [0.29, 0.717) is 10.8 Å². The summed E-state index contributed by atoms with van der Waals surface area (Å²) in [7, 11) is 0. The summed E-state index contributed by atoms with van der Waals surface area (Å²) in [4.78, 5) is 4.87. The fourth-order valence-electron chi connectivity index (χ4n) is 15.2. The average Bonchev–Trinajstić information content (AvgIpc) is 4.09. The first-order chi connectivity index (χ1) is 34.4. The molecule has 9 aromatic carbocycles. The van der Waals surface area contributed by atoms with Gasteiger partial charge in [0.1, 0.15) is 0 Å². The molecule has 2 atom stereocenters. The molecular weight excluding hydrogens is 847 g/mol. The molecule has 1 aromatic heterocycles. The van der Waals surface area contributed by atoms with Gasteiger partial charge in [-0.25, -0.2) is 0 Å². The molecule has 1 heterocycles. The Kier molecular flexibility index (Phi) is 8.46. The summed E-state index contributed by atoms with van der Waals surface area (Å²) in [5, 5.41) is 2.48. The first-order valence-electron chi connectivity index (χ1n) is 25.7. The van der Waals surface area contributed by atoms with E-state index >= 15 is 0 Å². The highest BCUT2D eigenvalue weighted by atomic mass is 15.1. The zero-order valence-electron chi connectivity index (χ0n) is 39.9. The number of fused-ring (bicyclic) bond motifs is 7. The van der Waals surface area contributed by atoms with Crippen molar-refractivity contribution in [2.24, 2.45) is 23.2 Å². The Bertz CT molecular complexity index is 3660. The molecule has 4 fully saturated rings. The minimum absolute atomic E-state index is 0.0841. The molecule has 0 amide bonds. The van der Waals surface area contributed by atoms with Crippen LogP contribution in [0.25, 0.3) is 49.7 Å². The quantitative estimate of drug-likeness (QED) is 0.143. The smallest absolute Gasteiger partial charge is 0.0542 e. The van der Waals surface area contributed by atoms with Crippen LogP contribution in [0.2, 0.25) is 0 Å². The van der Waals surface area contributed by atoms with Gasteiger partial charge in [0, 0.05) is 56.0 Å². The van der Waals surface area contributed by atoms with Crippen LogP contribution in [0.1, 0.15) is 62.6 Å². The maximum absolute atomic E-state index is 2.51. The zero-order valence-corrected chi connectivity index (χ0v) is 39.9. The number of aromatic nitrogens is 1. The third-order valence-corrected chi connectivity index (χ3v) is 18.4. The summed E-state index contributed by atoms with van der Waals surface area (Å²) in [6.45, 7) is 4.77. The second kappa shape index (κ2) is 14.7. The van der Waals surface area contributed by atoms with Gasteiger partial charge in [-0.15, -0.1) is 0 Å². The molecule has 5 aliphatic carbocycles. The predicted octanol–water partition coefficient (Wildman–Crippen LogP) is 17.8. The van der Waals surface area contributed by atoms with Crippen molar-refractivity contribution in [1.82, 2.24) is 4.57 Å². The summed E-state index contributed by atoms with van der Waals surface area (Å²) in [6, 6.07) is 81.5. The zero-order chi connectivity index (χ0) is 46.3. The van der Waals surface area contributed by atoms with E-state index in [0.717, 1.165) is 40.5 Å². The van der Waals surface area contributed by atoms with Crippen LogP contribution >= 0.6 is 0 Å². The van der Waals surface area contributed by atoms with Gasteiger partial charge in [-0.05, 0) is 197 Å². The topological polar surface area (TPSA) is 11.4 Å². The van der Waals surface area contributed by atoms with Crippen LogP contribution in [0.15, 0.2) is 218 Å². The van der Waals surface area contributed by atoms with Crippen molar-refractivity contribution in [1.29, 1.82) is 0 Å². The maximum Gasteiger partial charge on any atom is 0.0542 e. The van der Waals surface area contributed by atoms with E-state index in [9.17, 15) is 0 Å². The van der Waals surface area contributed by atoms with E-state index in [1.54, 1.807) is 5.56 Å². The van der Waals surface area contributed by atoms with Crippen molar-refractivity contribution in [2.45, 2.75) is 56.8 Å². The molecule has 0 N–H and O–H groups in total. The Hall–Kier alpha value is -7.62. The molecule has 70 heavy (non-hydrogen) atoms. The number of benzene rings is 9. The number of rotatable bonds is 9. The third-order valence-electron chi connectivity index (χ3n) is 18.4. The first kappa shape index (κ1) is 40.3. The minimum atomic E-state index is -0.0841. The van der Waals surface area contributed by atoms with E-state index in [4.69, 9.17) is 0 Å². The molecular formula is C67H55N3. The van der Waals surface area contributed by atoms with Crippen molar-refractivity contribution in [3.8, 4) is 27.9 Å². The Balaban J connectivity index is 0.778.